The van der Waals surface area contributed by atoms with Crippen LogP contribution in [0.3, 0.4) is 0 Å². The van der Waals surface area contributed by atoms with E-state index in [0.29, 0.717) is 19.1 Å². The number of carbonyl (C=O) groups excluding carboxylic acids is 1. The van der Waals surface area contributed by atoms with E-state index < -0.39 is 0 Å². The molecule has 1 aromatic rings. The van der Waals surface area contributed by atoms with Crippen LogP contribution in [-0.2, 0) is 11.3 Å². The summed E-state index contributed by atoms with van der Waals surface area (Å²) in [5.41, 5.74) is 1.07. The lowest BCUT2D eigenvalue weighted by Gasteiger charge is -2.13. The normalized spacial score (nSPS) is 15.4. The number of rotatable bonds is 6. The van der Waals surface area contributed by atoms with Crippen LogP contribution < -0.4 is 15.4 Å². The first kappa shape index (κ1) is 13.9. The lowest BCUT2D eigenvalue weighted by Crippen LogP contribution is -2.38. The first-order valence-corrected chi connectivity index (χ1v) is 6.91. The molecule has 1 aliphatic carbocycles. The summed E-state index contributed by atoms with van der Waals surface area (Å²) < 4.78 is 5.27. The molecule has 0 bridgehead atoms. The van der Waals surface area contributed by atoms with Gasteiger partial charge in [0.15, 0.2) is 0 Å². The molecule has 1 fully saturated rings. The Morgan fingerprint density at radius 2 is 2.05 bits per heavy atom. The highest BCUT2D eigenvalue weighted by Gasteiger charge is 2.16. The van der Waals surface area contributed by atoms with E-state index in [1.165, 1.54) is 12.8 Å². The van der Waals surface area contributed by atoms with Gasteiger partial charge in [0.2, 0.25) is 5.91 Å². The molecular weight excluding hydrogens is 240 g/mol. The third-order valence-electron chi connectivity index (χ3n) is 3.51. The summed E-state index contributed by atoms with van der Waals surface area (Å²) in [4.78, 5) is 11.7. The largest absolute Gasteiger partial charge is 0.496 e. The van der Waals surface area contributed by atoms with E-state index in [0.717, 1.165) is 24.2 Å². The summed E-state index contributed by atoms with van der Waals surface area (Å²) in [6, 6.07) is 8.23. The number of hydrogen-bond acceptors (Lipinski definition) is 3. The molecule has 2 rings (SSSR count). The molecule has 1 aliphatic rings. The SMILES string of the molecule is COc1ccccc1CNCC(=O)NC1CCCC1. The summed E-state index contributed by atoms with van der Waals surface area (Å²) in [7, 11) is 1.66. The molecule has 4 heteroatoms. The molecule has 104 valence electrons. The van der Waals surface area contributed by atoms with Crippen molar-refractivity contribution in [2.75, 3.05) is 13.7 Å². The molecule has 4 nitrogen and oxygen atoms in total. The number of methoxy groups -OCH3 is 1. The lowest BCUT2D eigenvalue weighted by molar-refractivity contribution is -0.120. The molecule has 0 heterocycles. The van der Waals surface area contributed by atoms with E-state index in [2.05, 4.69) is 10.6 Å². The van der Waals surface area contributed by atoms with Crippen molar-refractivity contribution in [3.8, 4) is 5.75 Å². The van der Waals surface area contributed by atoms with Crippen LogP contribution in [-0.4, -0.2) is 25.6 Å². The third-order valence-corrected chi connectivity index (χ3v) is 3.51. The maximum absolute atomic E-state index is 11.7. The highest BCUT2D eigenvalue weighted by atomic mass is 16.5. The summed E-state index contributed by atoms with van der Waals surface area (Å²) in [6.07, 6.45) is 4.72. The second-order valence-corrected chi connectivity index (χ2v) is 4.96. The van der Waals surface area contributed by atoms with E-state index in [1.54, 1.807) is 7.11 Å². The van der Waals surface area contributed by atoms with Gasteiger partial charge in [-0.1, -0.05) is 31.0 Å². The van der Waals surface area contributed by atoms with Crippen LogP contribution >= 0.6 is 0 Å². The molecule has 1 saturated carbocycles. The van der Waals surface area contributed by atoms with Gasteiger partial charge in [0, 0.05) is 18.2 Å². The Balaban J connectivity index is 1.72. The average Bonchev–Trinajstić information content (AvgIpc) is 2.92. The molecule has 0 atom stereocenters. The van der Waals surface area contributed by atoms with Gasteiger partial charge >= 0.3 is 0 Å². The molecular formula is C15H22N2O2. The average molecular weight is 262 g/mol. The molecule has 0 spiro atoms. The van der Waals surface area contributed by atoms with Crippen molar-refractivity contribution in [1.82, 2.24) is 10.6 Å². The number of carbonyl (C=O) groups is 1. The minimum absolute atomic E-state index is 0.0850. The maximum atomic E-state index is 11.7. The van der Waals surface area contributed by atoms with Gasteiger partial charge in [-0.25, -0.2) is 0 Å². The van der Waals surface area contributed by atoms with Crippen LogP contribution in [0.1, 0.15) is 31.2 Å². The standard InChI is InChI=1S/C15H22N2O2/c1-19-14-9-5-2-6-12(14)10-16-11-15(18)17-13-7-3-4-8-13/h2,5-6,9,13,16H,3-4,7-8,10-11H2,1H3,(H,17,18). The van der Waals surface area contributed by atoms with E-state index in [1.807, 2.05) is 24.3 Å². The Morgan fingerprint density at radius 1 is 1.32 bits per heavy atom. The van der Waals surface area contributed by atoms with Gasteiger partial charge in [0.1, 0.15) is 5.75 Å². The lowest BCUT2D eigenvalue weighted by atomic mass is 10.2. The van der Waals surface area contributed by atoms with Gasteiger partial charge in [-0.2, -0.15) is 0 Å². The topological polar surface area (TPSA) is 50.4 Å². The molecule has 0 aromatic heterocycles. The molecule has 2 N–H and O–H groups in total. The first-order valence-electron chi connectivity index (χ1n) is 6.91. The smallest absolute Gasteiger partial charge is 0.234 e. The van der Waals surface area contributed by atoms with Gasteiger partial charge in [0.25, 0.3) is 0 Å². The second kappa shape index (κ2) is 7.14. The van der Waals surface area contributed by atoms with Crippen LogP contribution in [0.5, 0.6) is 5.75 Å². The predicted octanol–water partition coefficient (Wildman–Crippen LogP) is 1.84. The van der Waals surface area contributed by atoms with Crippen molar-refractivity contribution in [1.29, 1.82) is 0 Å². The van der Waals surface area contributed by atoms with Crippen molar-refractivity contribution in [2.45, 2.75) is 38.3 Å². The molecule has 0 aliphatic heterocycles. The zero-order valence-electron chi connectivity index (χ0n) is 11.4. The number of amides is 1. The molecule has 0 unspecified atom stereocenters. The van der Waals surface area contributed by atoms with Crippen molar-refractivity contribution in [3.05, 3.63) is 29.8 Å². The fourth-order valence-electron chi connectivity index (χ4n) is 2.51. The number of para-hydroxylation sites is 1. The highest BCUT2D eigenvalue weighted by Crippen LogP contribution is 2.18. The molecule has 0 saturated heterocycles. The molecule has 1 aromatic carbocycles. The third kappa shape index (κ3) is 4.24. The predicted molar refractivity (Wildman–Crippen MR) is 75.1 cm³/mol. The molecule has 0 radical (unpaired) electrons. The monoisotopic (exact) mass is 262 g/mol. The molecule has 19 heavy (non-hydrogen) atoms. The van der Waals surface area contributed by atoms with Crippen molar-refractivity contribution in [2.24, 2.45) is 0 Å². The first-order chi connectivity index (χ1) is 9.29. The zero-order valence-corrected chi connectivity index (χ0v) is 11.4. The minimum Gasteiger partial charge on any atom is -0.496 e. The fraction of sp³-hybridized carbons (Fsp3) is 0.533. The van der Waals surface area contributed by atoms with Crippen LogP contribution in [0.15, 0.2) is 24.3 Å². The van der Waals surface area contributed by atoms with E-state index in [9.17, 15) is 4.79 Å². The Kier molecular flexibility index (Phi) is 5.21. The van der Waals surface area contributed by atoms with Gasteiger partial charge < -0.3 is 15.4 Å². The van der Waals surface area contributed by atoms with Crippen LogP contribution in [0.25, 0.3) is 0 Å². The Morgan fingerprint density at radius 3 is 2.79 bits per heavy atom. The van der Waals surface area contributed by atoms with E-state index >= 15 is 0 Å². The maximum Gasteiger partial charge on any atom is 0.234 e. The number of hydrogen-bond donors (Lipinski definition) is 2. The summed E-state index contributed by atoms with van der Waals surface area (Å²) in [5.74, 6) is 0.938. The second-order valence-electron chi connectivity index (χ2n) is 4.96. The van der Waals surface area contributed by atoms with E-state index in [4.69, 9.17) is 4.74 Å². The zero-order chi connectivity index (χ0) is 13.5. The Bertz CT molecular complexity index is 414. The summed E-state index contributed by atoms with van der Waals surface area (Å²) in [5, 5.41) is 6.22. The Hall–Kier alpha value is -1.55. The van der Waals surface area contributed by atoms with Crippen LogP contribution in [0.4, 0.5) is 0 Å². The number of nitrogens with one attached hydrogen (secondary N) is 2. The van der Waals surface area contributed by atoms with Crippen molar-refractivity contribution >= 4 is 5.91 Å². The van der Waals surface area contributed by atoms with Crippen molar-refractivity contribution < 1.29 is 9.53 Å². The minimum atomic E-state index is 0.0850. The quantitative estimate of drug-likeness (QED) is 0.822. The van der Waals surface area contributed by atoms with Crippen LogP contribution in [0, 0.1) is 0 Å². The number of benzene rings is 1. The molecule has 1 amide bonds. The van der Waals surface area contributed by atoms with Gasteiger partial charge in [-0.05, 0) is 18.9 Å². The van der Waals surface area contributed by atoms with Gasteiger partial charge in [0.05, 0.1) is 13.7 Å². The van der Waals surface area contributed by atoms with Gasteiger partial charge in [-0.3, -0.25) is 4.79 Å². The van der Waals surface area contributed by atoms with Gasteiger partial charge in [-0.15, -0.1) is 0 Å². The summed E-state index contributed by atoms with van der Waals surface area (Å²) >= 11 is 0. The fourth-order valence-corrected chi connectivity index (χ4v) is 2.51. The Labute approximate surface area is 114 Å². The number of ether oxygens (including phenoxy) is 1. The highest BCUT2D eigenvalue weighted by molar-refractivity contribution is 5.78. The van der Waals surface area contributed by atoms with Crippen LogP contribution in [0.2, 0.25) is 0 Å². The van der Waals surface area contributed by atoms with Crippen molar-refractivity contribution in [3.63, 3.8) is 0 Å². The summed E-state index contributed by atoms with van der Waals surface area (Å²) in [6.45, 7) is 0.997. The van der Waals surface area contributed by atoms with E-state index in [-0.39, 0.29) is 5.91 Å².